The molecule has 0 unspecified atom stereocenters. The fraction of sp³-hybridized carbons (Fsp3) is 0.211. The molecule has 0 spiro atoms. The smallest absolute Gasteiger partial charge is 0.165 e. The van der Waals surface area contributed by atoms with E-state index >= 15 is 0 Å². The third kappa shape index (κ3) is 2.88. The van der Waals surface area contributed by atoms with Crippen LogP contribution in [0, 0.1) is 6.92 Å². The molecule has 0 aliphatic carbocycles. The Balaban J connectivity index is 1.80. The number of hydrogen-bond acceptors (Lipinski definition) is 6. The summed E-state index contributed by atoms with van der Waals surface area (Å²) in [5, 5.41) is 8.69. The lowest BCUT2D eigenvalue weighted by Gasteiger charge is -2.17. The maximum Gasteiger partial charge on any atom is 0.165 e. The number of hydrogen-bond donors (Lipinski definition) is 1. The molecule has 26 heavy (non-hydrogen) atoms. The van der Waals surface area contributed by atoms with Crippen molar-refractivity contribution < 1.29 is 0 Å². The van der Waals surface area contributed by atoms with Crippen molar-refractivity contribution in [1.29, 1.82) is 0 Å². The summed E-state index contributed by atoms with van der Waals surface area (Å²) in [6, 6.07) is 7.81. The zero-order valence-electron chi connectivity index (χ0n) is 14.9. The van der Waals surface area contributed by atoms with Gasteiger partial charge in [-0.15, -0.1) is 0 Å². The predicted octanol–water partition coefficient (Wildman–Crippen LogP) is 3.30. The Morgan fingerprint density at radius 2 is 1.92 bits per heavy atom. The Kier molecular flexibility index (Phi) is 4.04. The second kappa shape index (κ2) is 6.51. The van der Waals surface area contributed by atoms with Crippen LogP contribution >= 0.6 is 0 Å². The Hall–Kier alpha value is -3.35. The highest BCUT2D eigenvalue weighted by molar-refractivity contribution is 5.88. The van der Waals surface area contributed by atoms with Gasteiger partial charge in [0.25, 0.3) is 0 Å². The summed E-state index contributed by atoms with van der Waals surface area (Å²) in [5.41, 5.74) is 3.76. The van der Waals surface area contributed by atoms with Crippen molar-refractivity contribution in [2.75, 3.05) is 5.32 Å². The highest BCUT2D eigenvalue weighted by Gasteiger charge is 2.16. The van der Waals surface area contributed by atoms with Gasteiger partial charge in [0.05, 0.1) is 23.3 Å². The molecule has 7 heteroatoms. The Morgan fingerprint density at radius 1 is 1.08 bits per heavy atom. The van der Waals surface area contributed by atoms with Gasteiger partial charge >= 0.3 is 0 Å². The van der Waals surface area contributed by atoms with E-state index in [2.05, 4.69) is 45.3 Å². The summed E-state index contributed by atoms with van der Waals surface area (Å²) in [6.07, 6.45) is 7.08. The van der Waals surface area contributed by atoms with Gasteiger partial charge in [-0.05, 0) is 37.6 Å². The first kappa shape index (κ1) is 16.1. The molecule has 0 radical (unpaired) electrons. The molecule has 7 nitrogen and oxygen atoms in total. The molecule has 4 aromatic rings. The van der Waals surface area contributed by atoms with Crippen molar-refractivity contribution in [1.82, 2.24) is 29.7 Å². The van der Waals surface area contributed by atoms with Crippen LogP contribution in [0.4, 0.5) is 5.82 Å². The van der Waals surface area contributed by atoms with E-state index in [1.807, 2.05) is 25.2 Å². The molecule has 0 bridgehead atoms. The van der Waals surface area contributed by atoms with E-state index in [1.165, 1.54) is 0 Å². The molecule has 0 aromatic carbocycles. The van der Waals surface area contributed by atoms with Gasteiger partial charge in [0.2, 0.25) is 0 Å². The van der Waals surface area contributed by atoms with E-state index in [1.54, 1.807) is 29.5 Å². The minimum Gasteiger partial charge on any atom is -0.361 e. The Morgan fingerprint density at radius 3 is 2.69 bits per heavy atom. The lowest BCUT2D eigenvalue weighted by molar-refractivity contribution is 0.785. The lowest BCUT2D eigenvalue weighted by Crippen LogP contribution is -2.12. The topological polar surface area (TPSA) is 81.4 Å². The SMILES string of the molecule is Cc1cccnc1[C@H](C)Nc1nc(-c2cccnc2)nc2c1cnn2C. The van der Waals surface area contributed by atoms with Gasteiger partial charge in [0.15, 0.2) is 11.5 Å². The minimum absolute atomic E-state index is 0.00347. The fourth-order valence-electron chi connectivity index (χ4n) is 2.98. The third-order valence-corrected chi connectivity index (χ3v) is 4.33. The largest absolute Gasteiger partial charge is 0.361 e. The van der Waals surface area contributed by atoms with Crippen LogP contribution in [0.25, 0.3) is 22.4 Å². The van der Waals surface area contributed by atoms with Gasteiger partial charge in [-0.3, -0.25) is 14.6 Å². The number of fused-ring (bicyclic) bond motifs is 1. The molecule has 4 rings (SSSR count). The second-order valence-electron chi connectivity index (χ2n) is 6.21. The van der Waals surface area contributed by atoms with Crippen molar-refractivity contribution >= 4 is 16.9 Å². The zero-order chi connectivity index (χ0) is 18.1. The van der Waals surface area contributed by atoms with E-state index in [-0.39, 0.29) is 6.04 Å². The number of nitrogens with zero attached hydrogens (tertiary/aromatic N) is 6. The average molecular weight is 345 g/mol. The molecule has 4 heterocycles. The van der Waals surface area contributed by atoms with E-state index in [4.69, 9.17) is 4.98 Å². The van der Waals surface area contributed by atoms with Crippen molar-refractivity contribution in [2.45, 2.75) is 19.9 Å². The van der Waals surface area contributed by atoms with Crippen LogP contribution in [0.5, 0.6) is 0 Å². The van der Waals surface area contributed by atoms with Gasteiger partial charge in [-0.1, -0.05) is 6.07 Å². The highest BCUT2D eigenvalue weighted by atomic mass is 15.3. The second-order valence-corrected chi connectivity index (χ2v) is 6.21. The number of anilines is 1. The summed E-state index contributed by atoms with van der Waals surface area (Å²) >= 11 is 0. The van der Waals surface area contributed by atoms with Crippen molar-refractivity contribution in [3.63, 3.8) is 0 Å². The summed E-state index contributed by atoms with van der Waals surface area (Å²) in [5.74, 6) is 1.35. The van der Waals surface area contributed by atoms with Crippen LogP contribution in [0.2, 0.25) is 0 Å². The third-order valence-electron chi connectivity index (χ3n) is 4.33. The van der Waals surface area contributed by atoms with Crippen molar-refractivity contribution in [3.8, 4) is 11.4 Å². The number of pyridine rings is 2. The first-order chi connectivity index (χ1) is 12.6. The molecular formula is C19H19N7. The van der Waals surface area contributed by atoms with Crippen LogP contribution in [0.15, 0.2) is 49.1 Å². The molecule has 1 N–H and O–H groups in total. The highest BCUT2D eigenvalue weighted by Crippen LogP contribution is 2.27. The molecule has 0 saturated heterocycles. The summed E-state index contributed by atoms with van der Waals surface area (Å²) in [4.78, 5) is 18.1. The van der Waals surface area contributed by atoms with Crippen molar-refractivity contribution in [3.05, 3.63) is 60.3 Å². The average Bonchev–Trinajstić information content (AvgIpc) is 3.04. The summed E-state index contributed by atoms with van der Waals surface area (Å²) < 4.78 is 1.75. The van der Waals surface area contributed by atoms with E-state index in [0.717, 1.165) is 33.7 Å². The van der Waals surface area contributed by atoms with Crippen LogP contribution in [-0.2, 0) is 7.05 Å². The predicted molar refractivity (Wildman–Crippen MR) is 101 cm³/mol. The van der Waals surface area contributed by atoms with Gasteiger partial charge in [-0.2, -0.15) is 5.10 Å². The van der Waals surface area contributed by atoms with Gasteiger partial charge in [0, 0.05) is 31.2 Å². The summed E-state index contributed by atoms with van der Waals surface area (Å²) in [7, 11) is 1.87. The molecule has 1 atom stereocenters. The maximum atomic E-state index is 4.74. The molecule has 4 aromatic heterocycles. The van der Waals surface area contributed by atoms with E-state index in [9.17, 15) is 0 Å². The fourth-order valence-corrected chi connectivity index (χ4v) is 2.98. The molecule has 0 amide bonds. The number of nitrogens with one attached hydrogen (secondary N) is 1. The van der Waals surface area contributed by atoms with Crippen molar-refractivity contribution in [2.24, 2.45) is 7.05 Å². The van der Waals surface area contributed by atoms with Gasteiger partial charge in [-0.25, -0.2) is 9.97 Å². The number of aryl methyl sites for hydroxylation is 2. The Bertz CT molecular complexity index is 1060. The summed E-state index contributed by atoms with van der Waals surface area (Å²) in [6.45, 7) is 4.13. The van der Waals surface area contributed by atoms with E-state index < -0.39 is 0 Å². The van der Waals surface area contributed by atoms with Crippen LogP contribution in [-0.4, -0.2) is 29.7 Å². The molecule has 130 valence electrons. The molecule has 0 saturated carbocycles. The number of aromatic nitrogens is 6. The molecule has 0 fully saturated rings. The maximum absolute atomic E-state index is 4.74. The Labute approximate surface area is 151 Å². The molecule has 0 aliphatic heterocycles. The zero-order valence-corrected chi connectivity index (χ0v) is 14.9. The molecule has 0 aliphatic rings. The standard InChI is InChI=1S/C19H19N7/c1-12-6-4-9-21-16(12)13(2)23-18-15-11-22-26(3)19(15)25-17(24-18)14-7-5-8-20-10-14/h4-11,13H,1-3H3,(H,23,24,25)/t13-/m0/s1. The first-order valence-electron chi connectivity index (χ1n) is 8.41. The normalized spacial score (nSPS) is 12.3. The van der Waals surface area contributed by atoms with Gasteiger partial charge < -0.3 is 5.32 Å². The monoisotopic (exact) mass is 345 g/mol. The quantitative estimate of drug-likeness (QED) is 0.611. The lowest BCUT2D eigenvalue weighted by atomic mass is 10.1. The van der Waals surface area contributed by atoms with E-state index in [0.29, 0.717) is 5.82 Å². The number of rotatable bonds is 4. The minimum atomic E-state index is -0.00347. The van der Waals surface area contributed by atoms with Gasteiger partial charge in [0.1, 0.15) is 5.82 Å². The van der Waals surface area contributed by atoms with Crippen LogP contribution in [0.1, 0.15) is 24.2 Å². The van der Waals surface area contributed by atoms with Crippen LogP contribution in [0.3, 0.4) is 0 Å². The molecular weight excluding hydrogens is 326 g/mol. The first-order valence-corrected chi connectivity index (χ1v) is 8.41. The van der Waals surface area contributed by atoms with Crippen LogP contribution < -0.4 is 5.32 Å².